The van der Waals surface area contributed by atoms with Crippen LogP contribution in [0.5, 0.6) is 0 Å². The molecule has 1 heterocycles. The Labute approximate surface area is 121 Å². The second-order valence-corrected chi connectivity index (χ2v) is 5.99. The summed E-state index contributed by atoms with van der Waals surface area (Å²) in [4.78, 5) is 22.2. The predicted octanol–water partition coefficient (Wildman–Crippen LogP) is 2.59. The van der Waals surface area contributed by atoms with E-state index < -0.39 is 0 Å². The Kier molecular flexibility index (Phi) is 6.42. The summed E-state index contributed by atoms with van der Waals surface area (Å²) in [6.45, 7) is 10.2. The summed E-state index contributed by atoms with van der Waals surface area (Å²) >= 11 is 0. The lowest BCUT2D eigenvalue weighted by Crippen LogP contribution is -2.34. The molecule has 0 aliphatic carbocycles. The molecular formula is C15H26N4O. The van der Waals surface area contributed by atoms with E-state index in [1.807, 2.05) is 4.90 Å². The molecule has 20 heavy (non-hydrogen) atoms. The molecule has 0 fully saturated rings. The van der Waals surface area contributed by atoms with Gasteiger partial charge in [-0.2, -0.15) is 0 Å². The first kappa shape index (κ1) is 16.4. The molecule has 0 spiro atoms. The summed E-state index contributed by atoms with van der Waals surface area (Å²) in [7, 11) is 0. The molecule has 0 unspecified atom stereocenters. The molecule has 0 radical (unpaired) electrons. The summed E-state index contributed by atoms with van der Waals surface area (Å²) in [6.07, 6.45) is 5.00. The summed E-state index contributed by atoms with van der Waals surface area (Å²) in [5, 5.41) is 0. The Morgan fingerprint density at radius 2 is 1.55 bits per heavy atom. The Hall–Kier alpha value is -1.65. The van der Waals surface area contributed by atoms with Crippen LogP contribution in [0.2, 0.25) is 0 Å². The van der Waals surface area contributed by atoms with Gasteiger partial charge in [0.15, 0.2) is 0 Å². The van der Waals surface area contributed by atoms with Gasteiger partial charge in [0.05, 0.1) is 5.56 Å². The molecule has 1 rings (SSSR count). The monoisotopic (exact) mass is 278 g/mol. The second-order valence-electron chi connectivity index (χ2n) is 5.99. The zero-order valence-corrected chi connectivity index (χ0v) is 13.0. The molecule has 0 atom stereocenters. The van der Waals surface area contributed by atoms with E-state index in [0.717, 1.165) is 25.9 Å². The van der Waals surface area contributed by atoms with Gasteiger partial charge in [-0.1, -0.05) is 27.7 Å². The van der Waals surface area contributed by atoms with Gasteiger partial charge in [0.25, 0.3) is 5.91 Å². The average molecular weight is 278 g/mol. The van der Waals surface area contributed by atoms with Crippen molar-refractivity contribution in [3.8, 4) is 0 Å². The third-order valence-electron chi connectivity index (χ3n) is 3.16. The van der Waals surface area contributed by atoms with Gasteiger partial charge >= 0.3 is 0 Å². The Morgan fingerprint density at radius 1 is 1.10 bits per heavy atom. The average Bonchev–Trinajstić information content (AvgIpc) is 2.38. The molecule has 0 aliphatic heterocycles. The molecule has 0 saturated carbocycles. The van der Waals surface area contributed by atoms with Crippen molar-refractivity contribution in [2.24, 2.45) is 11.8 Å². The summed E-state index contributed by atoms with van der Waals surface area (Å²) in [6, 6.07) is 0. The number of nitrogen functional groups attached to an aromatic ring is 1. The quantitative estimate of drug-likeness (QED) is 0.832. The van der Waals surface area contributed by atoms with Gasteiger partial charge in [0.1, 0.15) is 0 Å². The fourth-order valence-corrected chi connectivity index (χ4v) is 1.77. The maximum Gasteiger partial charge on any atom is 0.256 e. The van der Waals surface area contributed by atoms with Crippen molar-refractivity contribution in [3.05, 3.63) is 18.0 Å². The molecule has 0 aromatic carbocycles. The Morgan fingerprint density at radius 3 is 1.95 bits per heavy atom. The number of hydrogen-bond donors (Lipinski definition) is 1. The van der Waals surface area contributed by atoms with Crippen molar-refractivity contribution in [1.29, 1.82) is 0 Å². The molecule has 1 aromatic rings. The molecule has 5 heteroatoms. The molecular weight excluding hydrogens is 252 g/mol. The number of carbonyl (C=O) groups is 1. The maximum absolute atomic E-state index is 12.5. The number of nitrogens with zero attached hydrogens (tertiary/aromatic N) is 3. The van der Waals surface area contributed by atoms with Crippen LogP contribution in [0.15, 0.2) is 12.4 Å². The van der Waals surface area contributed by atoms with Crippen LogP contribution in [-0.2, 0) is 0 Å². The minimum atomic E-state index is -0.00806. The van der Waals surface area contributed by atoms with E-state index >= 15 is 0 Å². The topological polar surface area (TPSA) is 72.1 Å². The van der Waals surface area contributed by atoms with Crippen molar-refractivity contribution in [3.63, 3.8) is 0 Å². The first-order valence-electron chi connectivity index (χ1n) is 7.27. The molecule has 0 bridgehead atoms. The summed E-state index contributed by atoms with van der Waals surface area (Å²) in [5.74, 6) is 1.34. The van der Waals surface area contributed by atoms with Crippen LogP contribution in [0, 0.1) is 11.8 Å². The highest BCUT2D eigenvalue weighted by molar-refractivity contribution is 5.93. The smallest absolute Gasteiger partial charge is 0.256 e. The van der Waals surface area contributed by atoms with Crippen LogP contribution in [0.1, 0.15) is 50.9 Å². The second kappa shape index (κ2) is 7.82. The van der Waals surface area contributed by atoms with E-state index in [2.05, 4.69) is 37.7 Å². The molecule has 112 valence electrons. The lowest BCUT2D eigenvalue weighted by molar-refractivity contribution is 0.0740. The molecule has 2 N–H and O–H groups in total. The van der Waals surface area contributed by atoms with Crippen molar-refractivity contribution < 1.29 is 4.79 Å². The lowest BCUT2D eigenvalue weighted by Gasteiger charge is -2.24. The normalized spacial score (nSPS) is 11.1. The minimum Gasteiger partial charge on any atom is -0.368 e. The number of aromatic nitrogens is 2. The largest absolute Gasteiger partial charge is 0.368 e. The minimum absolute atomic E-state index is 0.00806. The predicted molar refractivity (Wildman–Crippen MR) is 81.3 cm³/mol. The molecule has 0 saturated heterocycles. The third kappa shape index (κ3) is 5.55. The van der Waals surface area contributed by atoms with Crippen LogP contribution >= 0.6 is 0 Å². The molecule has 0 aliphatic rings. The van der Waals surface area contributed by atoms with E-state index in [1.54, 1.807) is 0 Å². The zero-order chi connectivity index (χ0) is 15.1. The van der Waals surface area contributed by atoms with E-state index in [1.165, 1.54) is 12.4 Å². The van der Waals surface area contributed by atoms with Gasteiger partial charge in [-0.15, -0.1) is 0 Å². The van der Waals surface area contributed by atoms with E-state index in [0.29, 0.717) is 17.4 Å². The van der Waals surface area contributed by atoms with Crippen molar-refractivity contribution in [2.75, 3.05) is 18.8 Å². The maximum atomic E-state index is 12.5. The van der Waals surface area contributed by atoms with Gasteiger partial charge in [0.2, 0.25) is 5.95 Å². The Balaban J connectivity index is 2.74. The number of rotatable bonds is 7. The number of nitrogens with two attached hydrogens (primary N) is 1. The molecule has 1 aromatic heterocycles. The third-order valence-corrected chi connectivity index (χ3v) is 3.16. The SMILES string of the molecule is CC(C)CCN(CCC(C)C)C(=O)c1cnc(N)nc1. The standard InChI is InChI=1S/C15H26N4O/c1-11(2)5-7-19(8-6-12(3)4)14(20)13-9-17-15(16)18-10-13/h9-12H,5-8H2,1-4H3,(H2,16,17,18). The van der Waals surface area contributed by atoms with Crippen LogP contribution in [0.3, 0.4) is 0 Å². The highest BCUT2D eigenvalue weighted by atomic mass is 16.2. The molecule has 1 amide bonds. The van der Waals surface area contributed by atoms with Crippen LogP contribution in [0.25, 0.3) is 0 Å². The van der Waals surface area contributed by atoms with Gasteiger partial charge in [0, 0.05) is 25.5 Å². The number of carbonyl (C=O) groups excluding carboxylic acids is 1. The van der Waals surface area contributed by atoms with Crippen molar-refractivity contribution in [1.82, 2.24) is 14.9 Å². The highest BCUT2D eigenvalue weighted by Gasteiger charge is 2.17. The van der Waals surface area contributed by atoms with Crippen LogP contribution < -0.4 is 5.73 Å². The van der Waals surface area contributed by atoms with Gasteiger partial charge in [-0.05, 0) is 24.7 Å². The van der Waals surface area contributed by atoms with E-state index in [-0.39, 0.29) is 11.9 Å². The first-order chi connectivity index (χ1) is 9.40. The van der Waals surface area contributed by atoms with E-state index in [4.69, 9.17) is 5.73 Å². The highest BCUT2D eigenvalue weighted by Crippen LogP contribution is 2.10. The molecule has 5 nitrogen and oxygen atoms in total. The number of hydrogen-bond acceptors (Lipinski definition) is 4. The van der Waals surface area contributed by atoms with Gasteiger partial charge in [-0.3, -0.25) is 4.79 Å². The van der Waals surface area contributed by atoms with Gasteiger partial charge in [-0.25, -0.2) is 9.97 Å². The van der Waals surface area contributed by atoms with Crippen LogP contribution in [-0.4, -0.2) is 33.9 Å². The fraction of sp³-hybridized carbons (Fsp3) is 0.667. The fourth-order valence-electron chi connectivity index (χ4n) is 1.77. The summed E-state index contributed by atoms with van der Waals surface area (Å²) < 4.78 is 0. The zero-order valence-electron chi connectivity index (χ0n) is 13.0. The van der Waals surface area contributed by atoms with Crippen molar-refractivity contribution >= 4 is 11.9 Å². The van der Waals surface area contributed by atoms with Gasteiger partial charge < -0.3 is 10.6 Å². The lowest BCUT2D eigenvalue weighted by atomic mass is 10.1. The summed E-state index contributed by atoms with van der Waals surface area (Å²) in [5.41, 5.74) is 5.96. The van der Waals surface area contributed by atoms with E-state index in [9.17, 15) is 4.79 Å². The van der Waals surface area contributed by atoms with Crippen molar-refractivity contribution in [2.45, 2.75) is 40.5 Å². The number of amides is 1. The Bertz CT molecular complexity index is 402. The first-order valence-corrected chi connectivity index (χ1v) is 7.27. The number of anilines is 1. The van der Waals surface area contributed by atoms with Crippen LogP contribution in [0.4, 0.5) is 5.95 Å².